The molecule has 0 saturated heterocycles. The summed E-state index contributed by atoms with van der Waals surface area (Å²) in [6, 6.07) is 0. The van der Waals surface area contributed by atoms with Gasteiger partial charge < -0.3 is 0 Å². The maximum Gasteiger partial charge on any atom is 0.0406 e. The lowest BCUT2D eigenvalue weighted by atomic mass is 10.6. The lowest BCUT2D eigenvalue weighted by Gasteiger charge is -2.07. The second-order valence-electron chi connectivity index (χ2n) is 1.08. The van der Waals surface area contributed by atoms with Gasteiger partial charge in [-0.1, -0.05) is 6.08 Å². The molecule has 3 heteroatoms. The third-order valence-corrected chi connectivity index (χ3v) is 1.19. The summed E-state index contributed by atoms with van der Waals surface area (Å²) in [6.07, 6.45) is 5.19. The first-order valence-corrected chi connectivity index (χ1v) is 2.71. The largest absolute Gasteiger partial charge is 0.278 e. The van der Waals surface area contributed by atoms with Crippen molar-refractivity contribution in [3.63, 3.8) is 0 Å². The van der Waals surface area contributed by atoms with Crippen LogP contribution in [-0.4, -0.2) is 9.68 Å². The van der Waals surface area contributed by atoms with Crippen molar-refractivity contribution in [2.75, 3.05) is 0 Å². The van der Waals surface area contributed by atoms with Crippen LogP contribution in [0.2, 0.25) is 0 Å². The van der Waals surface area contributed by atoms with E-state index in [1.54, 1.807) is 17.7 Å². The van der Waals surface area contributed by atoms with E-state index >= 15 is 0 Å². The normalized spacial score (nSPS) is 18.1. The molecule has 0 aliphatic carbocycles. The highest BCUT2D eigenvalue weighted by Crippen LogP contribution is 2.11. The van der Waals surface area contributed by atoms with Gasteiger partial charge in [-0.3, -0.25) is 5.21 Å². The zero-order valence-corrected chi connectivity index (χ0v) is 4.43. The van der Waals surface area contributed by atoms with Gasteiger partial charge in [0.15, 0.2) is 0 Å². The molecule has 2 nitrogen and oxygen atoms in total. The minimum atomic E-state index is 1.04. The highest BCUT2D eigenvalue weighted by molar-refractivity contribution is 7.99. The highest BCUT2D eigenvalue weighted by atomic mass is 32.2. The van der Waals surface area contributed by atoms with E-state index in [1.165, 1.54) is 11.9 Å². The summed E-state index contributed by atoms with van der Waals surface area (Å²) in [5.41, 5.74) is 0. The zero-order chi connectivity index (χ0) is 5.11. The molecule has 7 heavy (non-hydrogen) atoms. The summed E-state index contributed by atoms with van der Waals surface area (Å²) in [5, 5.41) is 10.4. The van der Waals surface area contributed by atoms with Crippen molar-refractivity contribution in [3.8, 4) is 0 Å². The van der Waals surface area contributed by atoms with Crippen molar-refractivity contribution in [2.45, 2.75) is 0 Å². The Morgan fingerprint density at radius 2 is 2.29 bits per heavy atom. The Balaban J connectivity index is 2.49. The van der Waals surface area contributed by atoms with Crippen LogP contribution in [0.5, 0.6) is 0 Å². The second kappa shape index (κ2) is 2.04. The zero-order valence-electron chi connectivity index (χ0n) is 3.61. The van der Waals surface area contributed by atoms with Gasteiger partial charge in [0.2, 0.25) is 0 Å². The number of hydrogen-bond acceptors (Lipinski definition) is 3. The molecule has 38 valence electrons. The van der Waals surface area contributed by atoms with Gasteiger partial charge in [0.25, 0.3) is 0 Å². The quantitative estimate of drug-likeness (QED) is 0.482. The number of hydroxylamine groups is 1. The summed E-state index contributed by atoms with van der Waals surface area (Å²) in [5.74, 6) is 0. The molecule has 1 aliphatic rings. The van der Waals surface area contributed by atoms with Crippen LogP contribution in [0, 0.1) is 0 Å². The van der Waals surface area contributed by atoms with Crippen LogP contribution < -0.4 is 0 Å². The van der Waals surface area contributed by atoms with Gasteiger partial charge in [-0.25, -0.2) is 4.47 Å². The average Bonchev–Trinajstić information content (AvgIpc) is 1.69. The fourth-order valence-corrected chi connectivity index (χ4v) is 0.728. The van der Waals surface area contributed by atoms with Crippen LogP contribution >= 0.6 is 11.9 Å². The Kier molecular flexibility index (Phi) is 1.38. The van der Waals surface area contributed by atoms with Crippen molar-refractivity contribution in [1.82, 2.24) is 4.47 Å². The summed E-state index contributed by atoms with van der Waals surface area (Å²) >= 11 is 1.24. The monoisotopic (exact) mass is 115 g/mol. The first-order chi connectivity index (χ1) is 3.39. The molecule has 0 bridgehead atoms. The van der Waals surface area contributed by atoms with Crippen LogP contribution in [0.4, 0.5) is 0 Å². The van der Waals surface area contributed by atoms with Crippen molar-refractivity contribution in [3.05, 3.63) is 23.8 Å². The standard InChI is InChI=1S/C4H5NOS/c6-5-3-1-2-4-7-5/h1-4,6H. The maximum atomic E-state index is 8.57. The smallest absolute Gasteiger partial charge is 0.0406 e. The SMILES string of the molecule is ON1C=CC=CS1. The Morgan fingerprint density at radius 3 is 2.57 bits per heavy atom. The van der Waals surface area contributed by atoms with E-state index in [9.17, 15) is 0 Å². The minimum absolute atomic E-state index is 1.04. The predicted molar refractivity (Wildman–Crippen MR) is 29.5 cm³/mol. The third-order valence-electron chi connectivity index (χ3n) is 0.572. The predicted octanol–water partition coefficient (Wildman–Crippen LogP) is 1.37. The Labute approximate surface area is 46.2 Å². The molecule has 1 rings (SSSR count). The van der Waals surface area contributed by atoms with Crippen molar-refractivity contribution in [1.29, 1.82) is 0 Å². The Morgan fingerprint density at radius 1 is 1.43 bits per heavy atom. The number of allylic oxidation sites excluding steroid dienone is 2. The molecule has 1 heterocycles. The molecule has 0 spiro atoms. The van der Waals surface area contributed by atoms with Crippen LogP contribution in [0.15, 0.2) is 23.8 Å². The van der Waals surface area contributed by atoms with Crippen molar-refractivity contribution >= 4 is 11.9 Å². The van der Waals surface area contributed by atoms with E-state index in [1.807, 2.05) is 6.08 Å². The van der Waals surface area contributed by atoms with E-state index in [0.717, 1.165) is 4.47 Å². The summed E-state index contributed by atoms with van der Waals surface area (Å²) in [4.78, 5) is 0. The van der Waals surface area contributed by atoms with Crippen molar-refractivity contribution in [2.24, 2.45) is 0 Å². The lowest BCUT2D eigenvalue weighted by Crippen LogP contribution is -1.98. The fourth-order valence-electron chi connectivity index (χ4n) is 0.301. The van der Waals surface area contributed by atoms with Crippen LogP contribution in [0.1, 0.15) is 0 Å². The molecule has 0 atom stereocenters. The Hall–Kier alpha value is -0.410. The molecule has 1 aliphatic heterocycles. The highest BCUT2D eigenvalue weighted by Gasteiger charge is 1.89. The van der Waals surface area contributed by atoms with Gasteiger partial charge in [0, 0.05) is 18.1 Å². The van der Waals surface area contributed by atoms with Crippen LogP contribution in [0.3, 0.4) is 0 Å². The van der Waals surface area contributed by atoms with Gasteiger partial charge in [-0.15, -0.1) is 0 Å². The van der Waals surface area contributed by atoms with E-state index in [-0.39, 0.29) is 0 Å². The molecule has 0 fully saturated rings. The number of rotatable bonds is 0. The molecule has 0 amide bonds. The first kappa shape index (κ1) is 4.74. The Bertz CT molecular complexity index is 110. The third kappa shape index (κ3) is 1.25. The summed E-state index contributed by atoms with van der Waals surface area (Å²) < 4.78 is 1.04. The topological polar surface area (TPSA) is 23.5 Å². The van der Waals surface area contributed by atoms with E-state index < -0.39 is 0 Å². The number of hydrogen-bond donors (Lipinski definition) is 1. The van der Waals surface area contributed by atoms with Gasteiger partial charge >= 0.3 is 0 Å². The van der Waals surface area contributed by atoms with Gasteiger partial charge in [-0.2, -0.15) is 0 Å². The molecular weight excluding hydrogens is 110 g/mol. The molecule has 0 radical (unpaired) electrons. The second-order valence-corrected chi connectivity index (χ2v) is 1.94. The molecule has 0 unspecified atom stereocenters. The fraction of sp³-hybridized carbons (Fsp3) is 0. The summed E-state index contributed by atoms with van der Waals surface area (Å²) in [6.45, 7) is 0. The van der Waals surface area contributed by atoms with Gasteiger partial charge in [0.1, 0.15) is 0 Å². The molecule has 0 aromatic heterocycles. The maximum absolute atomic E-state index is 8.57. The molecule has 0 saturated carbocycles. The first-order valence-electron chi connectivity index (χ1n) is 1.88. The molecular formula is C4H5NOS. The molecule has 0 aromatic rings. The molecule has 1 N–H and O–H groups in total. The minimum Gasteiger partial charge on any atom is -0.278 e. The number of nitrogens with zero attached hydrogens (tertiary/aromatic N) is 1. The lowest BCUT2D eigenvalue weighted by molar-refractivity contribution is 0.0698. The van der Waals surface area contributed by atoms with Crippen molar-refractivity contribution < 1.29 is 5.21 Å². The van der Waals surface area contributed by atoms with E-state index in [4.69, 9.17) is 5.21 Å². The van der Waals surface area contributed by atoms with Crippen LogP contribution in [0.25, 0.3) is 0 Å². The van der Waals surface area contributed by atoms with Gasteiger partial charge in [0.05, 0.1) is 0 Å². The van der Waals surface area contributed by atoms with E-state index in [2.05, 4.69) is 0 Å². The molecule has 0 aromatic carbocycles. The summed E-state index contributed by atoms with van der Waals surface area (Å²) in [7, 11) is 0. The van der Waals surface area contributed by atoms with E-state index in [0.29, 0.717) is 0 Å². The van der Waals surface area contributed by atoms with Crippen LogP contribution in [-0.2, 0) is 0 Å². The van der Waals surface area contributed by atoms with Gasteiger partial charge in [-0.05, 0) is 11.5 Å². The average molecular weight is 115 g/mol.